The smallest absolute Gasteiger partial charge is 0.315 e. The maximum absolute atomic E-state index is 10.6. The number of esters is 1. The van der Waals surface area contributed by atoms with Crippen molar-refractivity contribution in [3.8, 4) is 0 Å². The van der Waals surface area contributed by atoms with Gasteiger partial charge in [-0.1, -0.05) is 12.2 Å². The monoisotopic (exact) mass is 122 g/mol. The molecule has 2 rings (SSSR count). The molecular formula is C7H6O2. The van der Waals surface area contributed by atoms with Gasteiger partial charge in [0.25, 0.3) is 0 Å². The number of hydrogen-bond donors (Lipinski definition) is 0. The lowest BCUT2D eigenvalue weighted by atomic mass is 10.2. The number of ether oxygens (including phenoxy) is 1. The highest BCUT2D eigenvalue weighted by atomic mass is 16.5. The molecule has 0 aromatic carbocycles. The highest BCUT2D eigenvalue weighted by Gasteiger charge is 2.23. The Morgan fingerprint density at radius 3 is 3.22 bits per heavy atom. The summed E-state index contributed by atoms with van der Waals surface area (Å²) in [6, 6.07) is 0. The lowest BCUT2D eigenvalue weighted by Gasteiger charge is -1.92. The molecule has 1 heterocycles. The van der Waals surface area contributed by atoms with E-state index in [1.165, 1.54) is 0 Å². The molecule has 0 bridgehead atoms. The first-order valence-corrected chi connectivity index (χ1v) is 2.95. The van der Waals surface area contributed by atoms with Gasteiger partial charge >= 0.3 is 5.97 Å². The van der Waals surface area contributed by atoms with E-state index >= 15 is 0 Å². The molecule has 0 unspecified atom stereocenters. The molecule has 0 amide bonds. The van der Waals surface area contributed by atoms with Crippen molar-refractivity contribution in [3.63, 3.8) is 0 Å². The third-order valence-electron chi connectivity index (χ3n) is 1.55. The van der Waals surface area contributed by atoms with Crippen LogP contribution in [0.2, 0.25) is 0 Å². The van der Waals surface area contributed by atoms with Crippen molar-refractivity contribution in [2.45, 2.75) is 12.8 Å². The number of carbonyl (C=O) groups is 1. The van der Waals surface area contributed by atoms with Crippen LogP contribution in [0.4, 0.5) is 0 Å². The van der Waals surface area contributed by atoms with Gasteiger partial charge in [-0.15, -0.1) is 0 Å². The molecule has 0 saturated heterocycles. The Morgan fingerprint density at radius 2 is 2.44 bits per heavy atom. The molecular weight excluding hydrogens is 116 g/mol. The summed E-state index contributed by atoms with van der Waals surface area (Å²) in [7, 11) is 0. The van der Waals surface area contributed by atoms with Crippen molar-refractivity contribution in [1.29, 1.82) is 0 Å². The second kappa shape index (κ2) is 1.47. The van der Waals surface area contributed by atoms with E-state index in [9.17, 15) is 4.79 Å². The van der Waals surface area contributed by atoms with Gasteiger partial charge in [-0.2, -0.15) is 0 Å². The van der Waals surface area contributed by atoms with Crippen LogP contribution in [-0.4, -0.2) is 5.97 Å². The summed E-state index contributed by atoms with van der Waals surface area (Å²) >= 11 is 0. The van der Waals surface area contributed by atoms with E-state index in [0.717, 1.165) is 17.8 Å². The van der Waals surface area contributed by atoms with Crippen LogP contribution in [0.1, 0.15) is 12.8 Å². The Balaban J connectivity index is 2.32. The Kier molecular flexibility index (Phi) is 0.781. The fourth-order valence-corrected chi connectivity index (χ4v) is 1.13. The molecule has 0 aromatic heterocycles. The second-order valence-corrected chi connectivity index (χ2v) is 2.21. The molecule has 2 nitrogen and oxygen atoms in total. The minimum atomic E-state index is -0.107. The molecule has 0 spiro atoms. The maximum Gasteiger partial charge on any atom is 0.315 e. The van der Waals surface area contributed by atoms with Gasteiger partial charge in [-0.3, -0.25) is 4.79 Å². The topological polar surface area (TPSA) is 26.3 Å². The van der Waals surface area contributed by atoms with Crippen molar-refractivity contribution in [1.82, 2.24) is 0 Å². The summed E-state index contributed by atoms with van der Waals surface area (Å²) in [5, 5.41) is 0. The summed E-state index contributed by atoms with van der Waals surface area (Å²) in [5.74, 6) is 0.754. The van der Waals surface area contributed by atoms with Gasteiger partial charge in [-0.25, -0.2) is 0 Å². The predicted molar refractivity (Wildman–Crippen MR) is 31.5 cm³/mol. The van der Waals surface area contributed by atoms with Gasteiger partial charge in [0.05, 0.1) is 6.42 Å². The zero-order valence-electron chi connectivity index (χ0n) is 4.89. The quantitative estimate of drug-likeness (QED) is 0.450. The number of rotatable bonds is 0. The van der Waals surface area contributed by atoms with Gasteiger partial charge < -0.3 is 4.74 Å². The van der Waals surface area contributed by atoms with E-state index in [2.05, 4.69) is 0 Å². The molecule has 1 aliphatic carbocycles. The van der Waals surface area contributed by atoms with Crippen LogP contribution >= 0.6 is 0 Å². The van der Waals surface area contributed by atoms with Crippen LogP contribution in [0, 0.1) is 0 Å². The fraction of sp³-hybridized carbons (Fsp3) is 0.286. The van der Waals surface area contributed by atoms with Crippen LogP contribution in [0.15, 0.2) is 23.5 Å². The van der Waals surface area contributed by atoms with Gasteiger partial charge in [0, 0.05) is 12.0 Å². The van der Waals surface area contributed by atoms with Crippen molar-refractivity contribution in [2.75, 3.05) is 0 Å². The van der Waals surface area contributed by atoms with E-state index in [1.807, 2.05) is 12.2 Å². The minimum Gasteiger partial charge on any atom is -0.430 e. The maximum atomic E-state index is 10.6. The first-order chi connectivity index (χ1) is 4.36. The molecule has 1 aliphatic heterocycles. The summed E-state index contributed by atoms with van der Waals surface area (Å²) in [6.45, 7) is 0. The molecule has 2 heteroatoms. The third kappa shape index (κ3) is 0.593. The Morgan fingerprint density at radius 1 is 1.56 bits per heavy atom. The van der Waals surface area contributed by atoms with Crippen LogP contribution in [0.3, 0.4) is 0 Å². The van der Waals surface area contributed by atoms with Crippen molar-refractivity contribution < 1.29 is 9.53 Å². The predicted octanol–water partition coefficient (Wildman–Crippen LogP) is 1.15. The molecule has 2 aliphatic rings. The number of allylic oxidation sites excluding steroid dienone is 2. The standard InChI is InChI=1S/C7H6O2/c8-7-4-5-2-1-3-6(5)9-7/h1-2H,3-4H2. The van der Waals surface area contributed by atoms with Crippen molar-refractivity contribution in [2.24, 2.45) is 0 Å². The zero-order valence-corrected chi connectivity index (χ0v) is 4.89. The molecule has 0 saturated carbocycles. The van der Waals surface area contributed by atoms with Crippen LogP contribution in [0.5, 0.6) is 0 Å². The minimum absolute atomic E-state index is 0.107. The first kappa shape index (κ1) is 4.79. The highest BCUT2D eigenvalue weighted by molar-refractivity contribution is 5.78. The van der Waals surface area contributed by atoms with Gasteiger partial charge in [0.2, 0.25) is 0 Å². The summed E-state index contributed by atoms with van der Waals surface area (Å²) < 4.78 is 4.86. The Hall–Kier alpha value is -1.05. The molecule has 0 fully saturated rings. The average molecular weight is 122 g/mol. The lowest BCUT2D eigenvalue weighted by Crippen LogP contribution is -1.93. The number of carbonyl (C=O) groups excluding carboxylic acids is 1. The van der Waals surface area contributed by atoms with Gasteiger partial charge in [0.15, 0.2) is 0 Å². The third-order valence-corrected chi connectivity index (χ3v) is 1.55. The number of hydrogen-bond acceptors (Lipinski definition) is 2. The Labute approximate surface area is 52.8 Å². The zero-order chi connectivity index (χ0) is 6.27. The Bertz CT molecular complexity index is 223. The van der Waals surface area contributed by atoms with E-state index in [4.69, 9.17) is 4.74 Å². The van der Waals surface area contributed by atoms with Crippen LogP contribution in [-0.2, 0) is 9.53 Å². The molecule has 9 heavy (non-hydrogen) atoms. The van der Waals surface area contributed by atoms with Crippen molar-refractivity contribution in [3.05, 3.63) is 23.5 Å². The molecule has 46 valence electrons. The molecule has 0 atom stereocenters. The van der Waals surface area contributed by atoms with E-state index < -0.39 is 0 Å². The van der Waals surface area contributed by atoms with Crippen molar-refractivity contribution >= 4 is 5.97 Å². The molecule has 0 aromatic rings. The van der Waals surface area contributed by atoms with Gasteiger partial charge in [0.1, 0.15) is 5.76 Å². The van der Waals surface area contributed by atoms with Crippen LogP contribution in [0.25, 0.3) is 0 Å². The van der Waals surface area contributed by atoms with E-state index in [-0.39, 0.29) is 5.97 Å². The SMILES string of the molecule is O=C1CC2=C(CC=C2)O1. The lowest BCUT2D eigenvalue weighted by molar-refractivity contribution is -0.136. The van der Waals surface area contributed by atoms with Gasteiger partial charge in [-0.05, 0) is 0 Å². The first-order valence-electron chi connectivity index (χ1n) is 2.95. The normalized spacial score (nSPS) is 22.9. The van der Waals surface area contributed by atoms with E-state index in [1.54, 1.807) is 0 Å². The highest BCUT2D eigenvalue weighted by Crippen LogP contribution is 2.28. The van der Waals surface area contributed by atoms with Crippen LogP contribution < -0.4 is 0 Å². The summed E-state index contributed by atoms with van der Waals surface area (Å²) in [5.41, 5.74) is 1.07. The summed E-state index contributed by atoms with van der Waals surface area (Å²) in [4.78, 5) is 10.6. The molecule has 0 radical (unpaired) electrons. The fourth-order valence-electron chi connectivity index (χ4n) is 1.13. The van der Waals surface area contributed by atoms with E-state index in [0.29, 0.717) is 6.42 Å². The average Bonchev–Trinajstić information content (AvgIpc) is 2.22. The largest absolute Gasteiger partial charge is 0.430 e. The summed E-state index contributed by atoms with van der Waals surface area (Å²) in [6.07, 6.45) is 5.25. The molecule has 0 N–H and O–H groups in total. The second-order valence-electron chi connectivity index (χ2n) is 2.21.